The first-order valence-electron chi connectivity index (χ1n) is 9.79. The van der Waals surface area contributed by atoms with Crippen molar-refractivity contribution in [1.82, 2.24) is 14.7 Å². The molecule has 1 saturated heterocycles. The molecule has 1 aliphatic heterocycles. The van der Waals surface area contributed by atoms with Crippen LogP contribution in [0.2, 0.25) is 0 Å². The van der Waals surface area contributed by atoms with Gasteiger partial charge in [-0.3, -0.25) is 9.69 Å². The fraction of sp³-hybridized carbons (Fsp3) is 0.364. The van der Waals surface area contributed by atoms with Crippen LogP contribution in [0.3, 0.4) is 0 Å². The summed E-state index contributed by atoms with van der Waals surface area (Å²) in [6.07, 6.45) is 4.98. The number of carboxylic acids is 1. The summed E-state index contributed by atoms with van der Waals surface area (Å²) >= 11 is 1.69. The predicted molar refractivity (Wildman–Crippen MR) is 110 cm³/mol. The van der Waals surface area contributed by atoms with E-state index in [1.165, 1.54) is 0 Å². The first-order valence-corrected chi connectivity index (χ1v) is 10.7. The molecule has 1 saturated carbocycles. The average Bonchev–Trinajstić information content (AvgIpc) is 3.45. The van der Waals surface area contributed by atoms with Crippen molar-refractivity contribution in [2.75, 3.05) is 13.1 Å². The predicted octanol–water partition coefficient (Wildman–Crippen LogP) is 4.29. The Bertz CT molecular complexity index is 983. The fourth-order valence-corrected chi connectivity index (χ4v) is 5.71. The second-order valence-corrected chi connectivity index (χ2v) is 8.93. The molecule has 2 fully saturated rings. The summed E-state index contributed by atoms with van der Waals surface area (Å²) in [6, 6.07) is 14.3. The van der Waals surface area contributed by atoms with Crippen LogP contribution in [-0.4, -0.2) is 38.8 Å². The van der Waals surface area contributed by atoms with E-state index in [1.54, 1.807) is 11.3 Å². The minimum absolute atomic E-state index is 0.277. The number of carboxylic acid groups (broad SMARTS) is 1. The van der Waals surface area contributed by atoms with Gasteiger partial charge in [-0.25, -0.2) is 4.68 Å². The van der Waals surface area contributed by atoms with Crippen LogP contribution in [0.5, 0.6) is 0 Å². The van der Waals surface area contributed by atoms with Gasteiger partial charge in [0.2, 0.25) is 0 Å². The summed E-state index contributed by atoms with van der Waals surface area (Å²) in [4.78, 5) is 15.5. The van der Waals surface area contributed by atoms with Crippen molar-refractivity contribution in [2.24, 2.45) is 11.3 Å². The molecule has 6 heteroatoms. The lowest BCUT2D eigenvalue weighted by Gasteiger charge is -2.23. The van der Waals surface area contributed by atoms with Gasteiger partial charge in [0.05, 0.1) is 16.0 Å². The topological polar surface area (TPSA) is 58.4 Å². The number of rotatable bonds is 5. The summed E-state index contributed by atoms with van der Waals surface area (Å²) in [6.45, 7) is 2.26. The smallest absolute Gasteiger partial charge is 0.311 e. The third kappa shape index (κ3) is 2.88. The third-order valence-electron chi connectivity index (χ3n) is 6.33. The third-order valence-corrected chi connectivity index (χ3v) is 7.20. The maximum Gasteiger partial charge on any atom is 0.311 e. The van der Waals surface area contributed by atoms with E-state index in [9.17, 15) is 9.90 Å². The molecule has 3 aromatic rings. The molecule has 1 aromatic carbocycles. The van der Waals surface area contributed by atoms with Crippen LogP contribution >= 0.6 is 11.3 Å². The van der Waals surface area contributed by atoms with Crippen LogP contribution in [0.4, 0.5) is 0 Å². The number of para-hydroxylation sites is 1. The normalized spacial score (nSPS) is 24.5. The zero-order chi connectivity index (χ0) is 19.1. The minimum Gasteiger partial charge on any atom is -0.481 e. The van der Waals surface area contributed by atoms with Crippen molar-refractivity contribution < 1.29 is 9.90 Å². The van der Waals surface area contributed by atoms with Crippen LogP contribution in [0.15, 0.2) is 54.0 Å². The van der Waals surface area contributed by atoms with Gasteiger partial charge in [-0.2, -0.15) is 5.10 Å². The number of hydrogen-bond acceptors (Lipinski definition) is 4. The largest absolute Gasteiger partial charge is 0.481 e. The van der Waals surface area contributed by atoms with Gasteiger partial charge in [-0.15, -0.1) is 11.3 Å². The number of fused-ring (bicyclic) bond motifs is 1. The van der Waals surface area contributed by atoms with Crippen LogP contribution in [-0.2, 0) is 11.3 Å². The molecule has 1 N–H and O–H groups in total. The molecular formula is C22H23N3O2S. The maximum atomic E-state index is 12.0. The highest BCUT2D eigenvalue weighted by molar-refractivity contribution is 7.13. The summed E-state index contributed by atoms with van der Waals surface area (Å²) in [5.41, 5.74) is 2.65. The lowest BCUT2D eigenvalue weighted by atomic mass is 9.81. The number of aromatic nitrogens is 2. The lowest BCUT2D eigenvalue weighted by molar-refractivity contribution is -0.149. The Kier molecular flexibility index (Phi) is 4.33. The zero-order valence-corrected chi connectivity index (χ0v) is 16.4. The van der Waals surface area contributed by atoms with Gasteiger partial charge in [0.25, 0.3) is 0 Å². The highest BCUT2D eigenvalue weighted by Gasteiger charge is 2.54. The molecule has 0 bridgehead atoms. The van der Waals surface area contributed by atoms with Crippen molar-refractivity contribution in [3.8, 4) is 16.3 Å². The van der Waals surface area contributed by atoms with E-state index in [1.807, 2.05) is 28.9 Å². The highest BCUT2D eigenvalue weighted by atomic mass is 32.1. The molecule has 5 nitrogen and oxygen atoms in total. The molecule has 0 radical (unpaired) electrons. The van der Waals surface area contributed by atoms with Gasteiger partial charge in [0.1, 0.15) is 5.69 Å². The van der Waals surface area contributed by atoms with Crippen LogP contribution in [0, 0.1) is 11.3 Å². The van der Waals surface area contributed by atoms with Gasteiger partial charge in [0.15, 0.2) is 0 Å². The molecule has 5 rings (SSSR count). The second-order valence-electron chi connectivity index (χ2n) is 7.98. The summed E-state index contributed by atoms with van der Waals surface area (Å²) in [7, 11) is 0. The van der Waals surface area contributed by atoms with Gasteiger partial charge in [-0.05, 0) is 42.3 Å². The fourth-order valence-electron chi connectivity index (χ4n) is 4.96. The van der Waals surface area contributed by atoms with Crippen molar-refractivity contribution in [2.45, 2.75) is 25.8 Å². The van der Waals surface area contributed by atoms with Gasteiger partial charge >= 0.3 is 5.97 Å². The van der Waals surface area contributed by atoms with Gasteiger partial charge < -0.3 is 5.11 Å². The van der Waals surface area contributed by atoms with Crippen molar-refractivity contribution in [3.05, 3.63) is 59.6 Å². The highest BCUT2D eigenvalue weighted by Crippen LogP contribution is 2.49. The lowest BCUT2D eigenvalue weighted by Crippen LogP contribution is -2.35. The molecule has 1 aliphatic carbocycles. The Balaban J connectivity index is 1.47. The zero-order valence-electron chi connectivity index (χ0n) is 15.6. The van der Waals surface area contributed by atoms with E-state index in [2.05, 4.69) is 34.7 Å². The molecule has 2 atom stereocenters. The van der Waals surface area contributed by atoms with E-state index >= 15 is 0 Å². The molecule has 2 aliphatic rings. The summed E-state index contributed by atoms with van der Waals surface area (Å²) in [5, 5.41) is 16.8. The first kappa shape index (κ1) is 17.6. The Morgan fingerprint density at radius 1 is 1.25 bits per heavy atom. The van der Waals surface area contributed by atoms with E-state index in [0.717, 1.165) is 54.2 Å². The van der Waals surface area contributed by atoms with E-state index < -0.39 is 11.4 Å². The Hall–Kier alpha value is -2.44. The molecule has 144 valence electrons. The summed E-state index contributed by atoms with van der Waals surface area (Å²) in [5.74, 6) is -0.338. The standard InChI is InChI=1S/C22H23N3O2S/c26-21(27)22-10-4-6-17(22)14-24(15-22)12-16-13-25(18-7-2-1-3-8-18)23-20(16)19-9-5-11-28-19/h1-3,5,7-9,11,13,17H,4,6,10,12,14-15H2,(H,26,27)/t17-,22+/m0/s1. The minimum atomic E-state index is -0.615. The Morgan fingerprint density at radius 2 is 2.11 bits per heavy atom. The summed E-state index contributed by atoms with van der Waals surface area (Å²) < 4.78 is 1.94. The Labute approximate surface area is 168 Å². The number of benzene rings is 1. The molecular weight excluding hydrogens is 370 g/mol. The molecule has 0 unspecified atom stereocenters. The number of hydrogen-bond donors (Lipinski definition) is 1. The van der Waals surface area contributed by atoms with Gasteiger partial charge in [0, 0.05) is 31.4 Å². The number of thiophene rings is 1. The number of likely N-dealkylation sites (tertiary alicyclic amines) is 1. The van der Waals surface area contributed by atoms with Gasteiger partial charge in [-0.1, -0.05) is 30.7 Å². The molecule has 0 spiro atoms. The number of nitrogens with zero attached hydrogens (tertiary/aromatic N) is 3. The number of aliphatic carboxylic acids is 1. The van der Waals surface area contributed by atoms with Crippen LogP contribution in [0.25, 0.3) is 16.3 Å². The number of carbonyl (C=O) groups is 1. The first-order chi connectivity index (χ1) is 13.7. The maximum absolute atomic E-state index is 12.0. The molecule has 3 heterocycles. The van der Waals surface area contributed by atoms with E-state index in [4.69, 9.17) is 5.10 Å². The molecule has 28 heavy (non-hydrogen) atoms. The van der Waals surface area contributed by atoms with Crippen molar-refractivity contribution in [1.29, 1.82) is 0 Å². The van der Waals surface area contributed by atoms with Crippen molar-refractivity contribution in [3.63, 3.8) is 0 Å². The van der Waals surface area contributed by atoms with Crippen LogP contribution < -0.4 is 0 Å². The quantitative estimate of drug-likeness (QED) is 0.703. The Morgan fingerprint density at radius 3 is 2.82 bits per heavy atom. The SMILES string of the molecule is O=C(O)[C@@]12CCC[C@H]1CN(Cc1cn(-c3ccccc3)nc1-c1cccs1)C2. The van der Waals surface area contributed by atoms with Crippen molar-refractivity contribution >= 4 is 17.3 Å². The van der Waals surface area contributed by atoms with E-state index in [0.29, 0.717) is 6.54 Å². The molecule has 0 amide bonds. The monoisotopic (exact) mass is 393 g/mol. The molecule has 2 aromatic heterocycles. The van der Waals surface area contributed by atoms with Crippen LogP contribution in [0.1, 0.15) is 24.8 Å². The van der Waals surface area contributed by atoms with E-state index in [-0.39, 0.29) is 5.92 Å². The average molecular weight is 394 g/mol. The second kappa shape index (κ2) is 6.87.